The number of amides is 2. The van der Waals surface area contributed by atoms with Gasteiger partial charge in [0.05, 0.1) is 11.7 Å². The number of aromatic nitrogens is 4. The Morgan fingerprint density at radius 3 is 2.21 bits per heavy atom. The van der Waals surface area contributed by atoms with E-state index in [1.165, 1.54) is 11.1 Å². The zero-order valence-corrected chi connectivity index (χ0v) is 21.9. The summed E-state index contributed by atoms with van der Waals surface area (Å²) in [5.41, 5.74) is 3.42. The Kier molecular flexibility index (Phi) is 8.57. The monoisotopic (exact) mass is 545 g/mol. The van der Waals surface area contributed by atoms with Gasteiger partial charge in [-0.15, -0.1) is 10.2 Å². The number of anilines is 1. The van der Waals surface area contributed by atoms with E-state index in [2.05, 4.69) is 79.4 Å². The van der Waals surface area contributed by atoms with E-state index in [1.54, 1.807) is 23.1 Å². The number of ether oxygens (including phenoxy) is 1. The smallest absolute Gasteiger partial charge is 0.250 e. The molecule has 0 bridgehead atoms. The summed E-state index contributed by atoms with van der Waals surface area (Å²) in [6, 6.07) is 25.9. The number of nitrogens with one attached hydrogen (secondary N) is 2. The molecule has 2 amide bonds. The SMILES string of the molecule is O=C(COCC(=O)N1CCN(C(c2ccccc2)c2ccccc2)CC1)Nc1ccc(Cl)cc1-c1nn[nH]n1. The maximum Gasteiger partial charge on any atom is 0.250 e. The molecule has 5 rings (SSSR count). The van der Waals surface area contributed by atoms with Gasteiger partial charge in [0.2, 0.25) is 17.6 Å². The largest absolute Gasteiger partial charge is 0.362 e. The fourth-order valence-corrected chi connectivity index (χ4v) is 4.88. The van der Waals surface area contributed by atoms with Crippen LogP contribution in [0.25, 0.3) is 11.4 Å². The highest BCUT2D eigenvalue weighted by Gasteiger charge is 2.28. The summed E-state index contributed by atoms with van der Waals surface area (Å²) in [4.78, 5) is 29.5. The van der Waals surface area contributed by atoms with Gasteiger partial charge in [-0.2, -0.15) is 5.21 Å². The second kappa shape index (κ2) is 12.6. The molecule has 200 valence electrons. The Morgan fingerprint density at radius 1 is 0.923 bits per heavy atom. The summed E-state index contributed by atoms with van der Waals surface area (Å²) < 4.78 is 5.46. The van der Waals surface area contributed by atoms with E-state index >= 15 is 0 Å². The Bertz CT molecular complexity index is 1340. The predicted molar refractivity (Wildman–Crippen MR) is 147 cm³/mol. The Hall–Kier alpha value is -4.12. The van der Waals surface area contributed by atoms with Gasteiger partial charge in [-0.1, -0.05) is 72.3 Å². The van der Waals surface area contributed by atoms with Gasteiger partial charge in [0.15, 0.2) is 0 Å². The number of carbonyl (C=O) groups is 2. The highest BCUT2D eigenvalue weighted by atomic mass is 35.5. The summed E-state index contributed by atoms with van der Waals surface area (Å²) in [5, 5.41) is 17.0. The standard InChI is InChI=1S/C28H28ClN7O3/c29-22-11-12-24(23(17-22)28-31-33-34-32-28)30-25(37)18-39-19-26(38)35-13-15-36(16-14-35)27(20-7-3-1-4-8-20)21-9-5-2-6-10-21/h1-12,17,27H,13-16,18-19H2,(H,30,37)(H,31,32,33,34). The zero-order chi connectivity index (χ0) is 27.0. The summed E-state index contributed by atoms with van der Waals surface area (Å²) in [5.74, 6) is -0.254. The zero-order valence-electron chi connectivity index (χ0n) is 21.2. The molecule has 0 radical (unpaired) electrons. The van der Waals surface area contributed by atoms with Crippen LogP contribution < -0.4 is 5.32 Å². The van der Waals surface area contributed by atoms with Crippen molar-refractivity contribution in [2.75, 3.05) is 44.7 Å². The van der Waals surface area contributed by atoms with Gasteiger partial charge in [0.1, 0.15) is 13.2 Å². The number of H-pyrrole nitrogens is 1. The average Bonchev–Trinajstić information content (AvgIpc) is 3.51. The van der Waals surface area contributed by atoms with Crippen molar-refractivity contribution in [3.63, 3.8) is 0 Å². The second-order valence-corrected chi connectivity index (χ2v) is 9.54. The number of hydrogen-bond acceptors (Lipinski definition) is 7. The van der Waals surface area contributed by atoms with E-state index in [9.17, 15) is 9.59 Å². The molecule has 1 aromatic heterocycles. The van der Waals surface area contributed by atoms with Crippen LogP contribution >= 0.6 is 11.6 Å². The van der Waals surface area contributed by atoms with E-state index in [4.69, 9.17) is 16.3 Å². The first-order valence-electron chi connectivity index (χ1n) is 12.6. The number of aromatic amines is 1. The maximum absolute atomic E-state index is 12.8. The summed E-state index contributed by atoms with van der Waals surface area (Å²) >= 11 is 6.08. The molecule has 0 atom stereocenters. The van der Waals surface area contributed by atoms with Crippen molar-refractivity contribution in [2.45, 2.75) is 6.04 Å². The first-order valence-corrected chi connectivity index (χ1v) is 13.0. The maximum atomic E-state index is 12.8. The van der Waals surface area contributed by atoms with Crippen molar-refractivity contribution in [1.29, 1.82) is 0 Å². The lowest BCUT2D eigenvalue weighted by atomic mass is 9.96. The number of rotatable bonds is 9. The molecule has 4 aromatic rings. The predicted octanol–water partition coefficient (Wildman–Crippen LogP) is 3.41. The molecule has 1 saturated heterocycles. The van der Waals surface area contributed by atoms with E-state index in [0.717, 1.165) is 13.1 Å². The van der Waals surface area contributed by atoms with Crippen LogP contribution in [0.3, 0.4) is 0 Å². The topological polar surface area (TPSA) is 116 Å². The number of hydrogen-bond donors (Lipinski definition) is 2. The van der Waals surface area contributed by atoms with E-state index in [-0.39, 0.29) is 25.2 Å². The number of benzene rings is 3. The van der Waals surface area contributed by atoms with Crippen LogP contribution in [0.4, 0.5) is 5.69 Å². The molecule has 3 aromatic carbocycles. The lowest BCUT2D eigenvalue weighted by Gasteiger charge is -2.39. The van der Waals surface area contributed by atoms with Crippen molar-refractivity contribution in [2.24, 2.45) is 0 Å². The third kappa shape index (κ3) is 6.66. The van der Waals surface area contributed by atoms with Gasteiger partial charge in [0.25, 0.3) is 0 Å². The van der Waals surface area contributed by atoms with Gasteiger partial charge < -0.3 is 15.0 Å². The molecule has 0 unspecified atom stereocenters. The Labute approximate surface area is 230 Å². The lowest BCUT2D eigenvalue weighted by molar-refractivity contribution is -0.139. The van der Waals surface area contributed by atoms with Crippen LogP contribution in [-0.4, -0.2) is 81.6 Å². The molecule has 0 spiro atoms. The number of carbonyl (C=O) groups excluding carboxylic acids is 2. The van der Waals surface area contributed by atoms with Crippen LogP contribution in [0.1, 0.15) is 17.2 Å². The summed E-state index contributed by atoms with van der Waals surface area (Å²) in [6.07, 6.45) is 0. The van der Waals surface area contributed by atoms with Crippen LogP contribution in [0.5, 0.6) is 0 Å². The van der Waals surface area contributed by atoms with Crippen LogP contribution in [0.15, 0.2) is 78.9 Å². The molecule has 1 aliphatic rings. The van der Waals surface area contributed by atoms with Crippen molar-refractivity contribution < 1.29 is 14.3 Å². The molecule has 0 saturated carbocycles. The van der Waals surface area contributed by atoms with Gasteiger partial charge in [-0.05, 0) is 34.5 Å². The van der Waals surface area contributed by atoms with Crippen LogP contribution in [-0.2, 0) is 14.3 Å². The molecule has 1 fully saturated rings. The van der Waals surface area contributed by atoms with Gasteiger partial charge in [-0.3, -0.25) is 14.5 Å². The number of piperazine rings is 1. The van der Waals surface area contributed by atoms with E-state index in [0.29, 0.717) is 35.2 Å². The molecule has 0 aliphatic carbocycles. The molecule has 39 heavy (non-hydrogen) atoms. The molecule has 2 heterocycles. The lowest BCUT2D eigenvalue weighted by Crippen LogP contribution is -2.50. The molecule has 10 nitrogen and oxygen atoms in total. The molecule has 11 heteroatoms. The van der Waals surface area contributed by atoms with Crippen molar-refractivity contribution in [3.05, 3.63) is 95.0 Å². The van der Waals surface area contributed by atoms with E-state index in [1.807, 2.05) is 12.1 Å². The number of tetrazole rings is 1. The third-order valence-electron chi connectivity index (χ3n) is 6.56. The normalized spacial score (nSPS) is 13.9. The van der Waals surface area contributed by atoms with Gasteiger partial charge in [-0.25, -0.2) is 0 Å². The van der Waals surface area contributed by atoms with Gasteiger partial charge in [0, 0.05) is 36.8 Å². The van der Waals surface area contributed by atoms with Crippen molar-refractivity contribution in [1.82, 2.24) is 30.4 Å². The first-order chi connectivity index (χ1) is 19.1. The molecule has 1 aliphatic heterocycles. The Balaban J connectivity index is 1.12. The second-order valence-electron chi connectivity index (χ2n) is 9.11. The minimum atomic E-state index is -0.409. The number of nitrogens with zero attached hydrogens (tertiary/aromatic N) is 5. The summed E-state index contributed by atoms with van der Waals surface area (Å²) in [7, 11) is 0. The Morgan fingerprint density at radius 2 is 1.59 bits per heavy atom. The van der Waals surface area contributed by atoms with Crippen LogP contribution in [0.2, 0.25) is 5.02 Å². The molecular formula is C28H28ClN7O3. The van der Waals surface area contributed by atoms with Gasteiger partial charge >= 0.3 is 0 Å². The highest BCUT2D eigenvalue weighted by Crippen LogP contribution is 2.30. The molecule has 2 N–H and O–H groups in total. The third-order valence-corrected chi connectivity index (χ3v) is 6.80. The van der Waals surface area contributed by atoms with Crippen LogP contribution in [0, 0.1) is 0 Å². The van der Waals surface area contributed by atoms with Crippen molar-refractivity contribution >= 4 is 29.1 Å². The fraction of sp³-hybridized carbons (Fsp3) is 0.250. The quantitative estimate of drug-likeness (QED) is 0.331. The average molecular weight is 546 g/mol. The van der Waals surface area contributed by atoms with E-state index < -0.39 is 5.91 Å². The summed E-state index contributed by atoms with van der Waals surface area (Å²) in [6.45, 7) is 2.19. The highest BCUT2D eigenvalue weighted by molar-refractivity contribution is 6.31. The fourth-order valence-electron chi connectivity index (χ4n) is 4.71. The minimum absolute atomic E-state index is 0.120. The van der Waals surface area contributed by atoms with Crippen molar-refractivity contribution in [3.8, 4) is 11.4 Å². The minimum Gasteiger partial charge on any atom is -0.362 e. The first kappa shape index (κ1) is 26.5. The number of halogens is 1. The molecular weight excluding hydrogens is 518 g/mol.